The van der Waals surface area contributed by atoms with Crippen LogP contribution >= 0.6 is 0 Å². The average Bonchev–Trinajstić information content (AvgIpc) is 3.53. The topological polar surface area (TPSA) is 62.1 Å². The van der Waals surface area contributed by atoms with Crippen LogP contribution in [0.25, 0.3) is 50.5 Å². The first-order valence-electron chi connectivity index (χ1n) is 20.0. The van der Waals surface area contributed by atoms with Crippen LogP contribution < -0.4 is 9.47 Å². The number of aromatic nitrogens is 4. The molecule has 2 aromatic heterocycles. The largest absolute Gasteiger partial charge is 0.494 e. The highest BCUT2D eigenvalue weighted by molar-refractivity contribution is 6.10. The van der Waals surface area contributed by atoms with Crippen molar-refractivity contribution in [3.63, 3.8) is 0 Å². The molecule has 0 saturated heterocycles. The van der Waals surface area contributed by atoms with Gasteiger partial charge in [-0.25, -0.2) is 4.98 Å². The first kappa shape index (κ1) is 38.0. The second-order valence-electron chi connectivity index (χ2n) is 15.1. The molecule has 0 atom stereocenters. The zero-order chi connectivity index (χ0) is 37.6. The summed E-state index contributed by atoms with van der Waals surface area (Å²) in [6.45, 7) is 19.5. The minimum absolute atomic E-state index is 0.127. The van der Waals surface area contributed by atoms with E-state index >= 15 is 0 Å². The number of benzene rings is 4. The van der Waals surface area contributed by atoms with E-state index in [-0.39, 0.29) is 10.8 Å². The average molecular weight is 711 g/mol. The van der Waals surface area contributed by atoms with Crippen LogP contribution in [0.15, 0.2) is 84.9 Å². The van der Waals surface area contributed by atoms with Crippen molar-refractivity contribution in [3.8, 4) is 40.2 Å². The second-order valence-corrected chi connectivity index (χ2v) is 15.1. The Morgan fingerprint density at radius 2 is 0.906 bits per heavy atom. The number of hydrogen-bond acceptors (Lipinski definition) is 5. The van der Waals surface area contributed by atoms with Gasteiger partial charge in [0.2, 0.25) is 5.95 Å². The van der Waals surface area contributed by atoms with Crippen molar-refractivity contribution in [3.05, 3.63) is 96.1 Å². The molecule has 0 bridgehead atoms. The molecule has 53 heavy (non-hydrogen) atoms. The lowest BCUT2D eigenvalue weighted by molar-refractivity contribution is 0.309. The van der Waals surface area contributed by atoms with E-state index in [1.54, 1.807) is 0 Å². The molecule has 0 N–H and O–H groups in total. The zero-order valence-corrected chi connectivity index (χ0v) is 33.3. The molecule has 0 amide bonds. The second kappa shape index (κ2) is 16.5. The number of unbranched alkanes of at least 4 members (excludes halogenated alkanes) is 2. The number of hydrogen-bond donors (Lipinski definition) is 0. The quantitative estimate of drug-likeness (QED) is 0.0882. The molecule has 0 spiro atoms. The predicted octanol–water partition coefficient (Wildman–Crippen LogP) is 12.8. The van der Waals surface area contributed by atoms with Gasteiger partial charge in [-0.15, -0.1) is 0 Å². The molecule has 0 aliphatic rings. The minimum Gasteiger partial charge on any atom is -0.494 e. The van der Waals surface area contributed by atoms with Crippen molar-refractivity contribution >= 4 is 21.8 Å². The fourth-order valence-corrected chi connectivity index (χ4v) is 7.13. The fraction of sp³-hybridized carbons (Fsp3) is 0.426. The molecular weight excluding hydrogens is 653 g/mol. The van der Waals surface area contributed by atoms with Gasteiger partial charge in [-0.05, 0) is 96.9 Å². The normalized spacial score (nSPS) is 12.2. The molecule has 0 aliphatic carbocycles. The summed E-state index contributed by atoms with van der Waals surface area (Å²) in [7, 11) is 0. The number of ether oxygens (including phenoxy) is 2. The lowest BCUT2D eigenvalue weighted by Gasteiger charge is -2.27. The maximum Gasteiger partial charge on any atom is 0.238 e. The monoisotopic (exact) mass is 710 g/mol. The van der Waals surface area contributed by atoms with E-state index in [1.807, 2.05) is 0 Å². The Morgan fingerprint density at radius 3 is 1.26 bits per heavy atom. The van der Waals surface area contributed by atoms with E-state index in [9.17, 15) is 0 Å². The van der Waals surface area contributed by atoms with Gasteiger partial charge < -0.3 is 9.47 Å². The molecular formula is C47H58N4O2. The van der Waals surface area contributed by atoms with E-state index < -0.39 is 0 Å². The maximum atomic E-state index is 6.20. The molecule has 6 aromatic rings. The van der Waals surface area contributed by atoms with Crippen molar-refractivity contribution in [1.29, 1.82) is 0 Å². The summed E-state index contributed by atoms with van der Waals surface area (Å²) < 4.78 is 14.6. The Balaban J connectivity index is 1.55. The Bertz CT molecular complexity index is 1980. The summed E-state index contributed by atoms with van der Waals surface area (Å²) in [5, 5.41) is 2.15. The number of nitrogens with zero attached hydrogens (tertiary/aromatic N) is 4. The van der Waals surface area contributed by atoms with E-state index in [0.29, 0.717) is 30.8 Å². The van der Waals surface area contributed by atoms with Gasteiger partial charge in [0, 0.05) is 21.9 Å². The van der Waals surface area contributed by atoms with E-state index in [2.05, 4.69) is 145 Å². The van der Waals surface area contributed by atoms with Crippen LogP contribution in [0.3, 0.4) is 0 Å². The molecule has 0 radical (unpaired) electrons. The lowest BCUT2D eigenvalue weighted by atomic mass is 9.78. The molecule has 6 nitrogen and oxygen atoms in total. The summed E-state index contributed by atoms with van der Waals surface area (Å²) in [4.78, 5) is 15.6. The first-order valence-corrected chi connectivity index (χ1v) is 20.0. The van der Waals surface area contributed by atoms with Crippen LogP contribution in [0.1, 0.15) is 118 Å². The predicted molar refractivity (Wildman–Crippen MR) is 222 cm³/mol. The molecule has 6 heteroatoms. The van der Waals surface area contributed by atoms with Crippen molar-refractivity contribution in [2.75, 3.05) is 13.2 Å². The zero-order valence-electron chi connectivity index (χ0n) is 33.3. The van der Waals surface area contributed by atoms with Gasteiger partial charge in [0.05, 0.1) is 24.2 Å². The summed E-state index contributed by atoms with van der Waals surface area (Å²) in [6, 6.07) is 30.4. The fourth-order valence-electron chi connectivity index (χ4n) is 7.13. The van der Waals surface area contributed by atoms with Crippen molar-refractivity contribution in [2.24, 2.45) is 0 Å². The Labute approximate surface area is 317 Å². The van der Waals surface area contributed by atoms with E-state index in [0.717, 1.165) is 95.8 Å². The molecule has 0 aliphatic heterocycles. The van der Waals surface area contributed by atoms with Crippen LogP contribution in [0, 0.1) is 0 Å². The third kappa shape index (κ3) is 7.83. The van der Waals surface area contributed by atoms with Gasteiger partial charge in [0.25, 0.3) is 0 Å². The summed E-state index contributed by atoms with van der Waals surface area (Å²) >= 11 is 0. The van der Waals surface area contributed by atoms with Crippen LogP contribution in [0.4, 0.5) is 0 Å². The molecule has 0 unspecified atom stereocenters. The Morgan fingerprint density at radius 1 is 0.509 bits per heavy atom. The first-order chi connectivity index (χ1) is 25.7. The van der Waals surface area contributed by atoms with Crippen LogP contribution in [0.2, 0.25) is 0 Å². The van der Waals surface area contributed by atoms with Crippen molar-refractivity contribution < 1.29 is 9.47 Å². The van der Waals surface area contributed by atoms with Crippen LogP contribution in [-0.4, -0.2) is 32.7 Å². The third-order valence-corrected chi connectivity index (χ3v) is 11.9. The standard InChI is InChI=1S/C47H58N4O2/c1-9-15-29-52-37-25-27-41-39(31-37)40-32-38(53-30-16-10-2)26-28-42(40)51(41)45-49-43(33-17-21-35(22-18-33)46(7,11-3)12-4)48-44(50-45)34-19-23-36(24-20-34)47(8,13-5)14-6/h17-28,31-32H,9-16,29-30H2,1-8H3. The van der Waals surface area contributed by atoms with Gasteiger partial charge in [-0.1, -0.05) is 117 Å². The van der Waals surface area contributed by atoms with Crippen molar-refractivity contribution in [1.82, 2.24) is 19.5 Å². The molecule has 6 rings (SSSR count). The molecule has 0 fully saturated rings. The summed E-state index contributed by atoms with van der Waals surface area (Å²) in [5.41, 5.74) is 6.87. The van der Waals surface area contributed by atoms with Crippen molar-refractivity contribution in [2.45, 2.75) is 118 Å². The molecule has 4 aromatic carbocycles. The summed E-state index contributed by atoms with van der Waals surface area (Å²) in [5.74, 6) is 3.60. The van der Waals surface area contributed by atoms with E-state index in [4.69, 9.17) is 24.4 Å². The van der Waals surface area contributed by atoms with Gasteiger partial charge in [-0.2, -0.15) is 9.97 Å². The highest BCUT2D eigenvalue weighted by Gasteiger charge is 2.25. The minimum atomic E-state index is 0.127. The highest BCUT2D eigenvalue weighted by Crippen LogP contribution is 2.38. The van der Waals surface area contributed by atoms with Gasteiger partial charge in [-0.3, -0.25) is 4.57 Å². The third-order valence-electron chi connectivity index (χ3n) is 11.9. The Hall–Kier alpha value is -4.71. The Kier molecular flexibility index (Phi) is 11.9. The maximum absolute atomic E-state index is 6.20. The van der Waals surface area contributed by atoms with Gasteiger partial charge >= 0.3 is 0 Å². The van der Waals surface area contributed by atoms with Gasteiger partial charge in [0.1, 0.15) is 11.5 Å². The summed E-state index contributed by atoms with van der Waals surface area (Å²) in [6.07, 6.45) is 8.53. The molecule has 278 valence electrons. The lowest BCUT2D eigenvalue weighted by Crippen LogP contribution is -2.19. The van der Waals surface area contributed by atoms with E-state index in [1.165, 1.54) is 11.1 Å². The highest BCUT2D eigenvalue weighted by atomic mass is 16.5. The SMILES string of the molecule is CCCCOc1ccc2c(c1)c1cc(OCCCC)ccc1n2-c1nc(-c2ccc(C(C)(CC)CC)cc2)nc(-c2ccc(C(C)(CC)CC)cc2)n1. The number of fused-ring (bicyclic) bond motifs is 3. The van der Waals surface area contributed by atoms with Crippen LogP contribution in [-0.2, 0) is 10.8 Å². The number of rotatable bonds is 17. The van der Waals surface area contributed by atoms with Crippen LogP contribution in [0.5, 0.6) is 11.5 Å². The molecule has 2 heterocycles. The smallest absolute Gasteiger partial charge is 0.238 e. The van der Waals surface area contributed by atoms with Gasteiger partial charge in [0.15, 0.2) is 11.6 Å². The molecule has 0 saturated carbocycles.